The maximum absolute atomic E-state index is 13.7. The first kappa shape index (κ1) is 25.0. The molecule has 2 aliphatic carbocycles. The lowest BCUT2D eigenvalue weighted by atomic mass is 9.84. The maximum Gasteiger partial charge on any atom is 0.251 e. The highest BCUT2D eigenvalue weighted by Crippen LogP contribution is 2.32. The summed E-state index contributed by atoms with van der Waals surface area (Å²) in [4.78, 5) is 31.4. The number of hydrogen-bond acceptors (Lipinski definition) is 3. The molecule has 0 aromatic heterocycles. The van der Waals surface area contributed by atoms with Crippen LogP contribution in [0.25, 0.3) is 0 Å². The quantitative estimate of drug-likeness (QED) is 0.466. The van der Waals surface area contributed by atoms with Gasteiger partial charge in [0.25, 0.3) is 11.8 Å². The highest BCUT2D eigenvalue weighted by molar-refractivity contribution is 5.84. The summed E-state index contributed by atoms with van der Waals surface area (Å²) in [5.41, 5.74) is 0. The summed E-state index contributed by atoms with van der Waals surface area (Å²) in [5.74, 6) is 1.47. The topological polar surface area (TPSA) is 49.9 Å². The molecule has 0 aromatic carbocycles. The lowest BCUT2D eigenvalue weighted by Crippen LogP contribution is -2.49. The first-order chi connectivity index (χ1) is 16.2. The summed E-state index contributed by atoms with van der Waals surface area (Å²) < 4.78 is 6.70. The van der Waals surface area contributed by atoms with E-state index in [9.17, 15) is 9.59 Å². The fraction of sp³-hybridized carbons (Fsp3) is 0.929. The lowest BCUT2D eigenvalue weighted by Gasteiger charge is -2.37. The summed E-state index contributed by atoms with van der Waals surface area (Å²) in [6.07, 6.45) is 20.1. The smallest absolute Gasteiger partial charge is 0.251 e. The summed E-state index contributed by atoms with van der Waals surface area (Å²) in [7, 11) is 0. The van der Waals surface area contributed by atoms with E-state index in [1.165, 1.54) is 77.0 Å². The minimum absolute atomic E-state index is 0.167. The largest absolute Gasteiger partial charge is 0.355 e. The first-order valence-corrected chi connectivity index (χ1v) is 14.4. The van der Waals surface area contributed by atoms with Crippen LogP contribution in [0.5, 0.6) is 0 Å². The van der Waals surface area contributed by atoms with E-state index in [1.807, 2.05) is 9.80 Å². The molecule has 0 bridgehead atoms. The average Bonchev–Trinajstić information content (AvgIpc) is 2.89. The zero-order valence-electron chi connectivity index (χ0n) is 21.0. The third-order valence-corrected chi connectivity index (χ3v) is 8.76. The van der Waals surface area contributed by atoms with Crippen LogP contribution in [-0.2, 0) is 14.3 Å². The molecule has 4 fully saturated rings. The van der Waals surface area contributed by atoms with Gasteiger partial charge in [0.05, 0.1) is 0 Å². The van der Waals surface area contributed by atoms with Crippen LogP contribution in [0.2, 0.25) is 0 Å². The summed E-state index contributed by atoms with van der Waals surface area (Å²) >= 11 is 0. The number of hydrogen-bond donors (Lipinski definition) is 0. The number of piperidine rings is 2. The Labute approximate surface area is 202 Å². The molecule has 2 saturated heterocycles. The SMILES string of the molecule is O=C([C@H](CC1CCCCC1)O[C@@H](CC1CCCCC1)C(=O)N1CCCCC1)N1CCCCC1. The number of carbonyl (C=O) groups is 2. The Balaban J connectivity index is 1.48. The van der Waals surface area contributed by atoms with Crippen molar-refractivity contribution in [1.29, 1.82) is 0 Å². The van der Waals surface area contributed by atoms with Gasteiger partial charge in [0.2, 0.25) is 0 Å². The zero-order chi connectivity index (χ0) is 22.9. The zero-order valence-corrected chi connectivity index (χ0v) is 21.0. The van der Waals surface area contributed by atoms with Gasteiger partial charge in [-0.1, -0.05) is 64.2 Å². The minimum Gasteiger partial charge on any atom is -0.355 e. The standard InChI is InChI=1S/C28H48N2O3/c31-27(29-17-9-3-10-18-29)25(21-23-13-5-1-6-14-23)33-26(22-24-15-7-2-8-16-24)28(32)30-19-11-4-12-20-30/h23-26H,1-22H2/t25-,26-/m0/s1. The van der Waals surface area contributed by atoms with Crippen LogP contribution in [0.3, 0.4) is 0 Å². The van der Waals surface area contributed by atoms with E-state index in [0.29, 0.717) is 11.8 Å². The number of ether oxygens (including phenoxy) is 1. The normalized spacial score (nSPS) is 25.6. The van der Waals surface area contributed by atoms with Crippen LogP contribution < -0.4 is 0 Å². The van der Waals surface area contributed by atoms with Crippen molar-refractivity contribution in [3.8, 4) is 0 Å². The highest BCUT2D eigenvalue weighted by atomic mass is 16.5. The fourth-order valence-corrected chi connectivity index (χ4v) is 6.71. The fourth-order valence-electron chi connectivity index (χ4n) is 6.71. The van der Waals surface area contributed by atoms with E-state index >= 15 is 0 Å². The Bertz CT molecular complexity index is 548. The predicted octanol–water partition coefficient (Wildman–Crippen LogP) is 5.71. The Kier molecular flexibility index (Phi) is 9.94. The van der Waals surface area contributed by atoms with E-state index in [4.69, 9.17) is 4.74 Å². The van der Waals surface area contributed by atoms with Gasteiger partial charge in [-0.15, -0.1) is 0 Å². The molecule has 2 saturated carbocycles. The van der Waals surface area contributed by atoms with Crippen molar-refractivity contribution in [2.24, 2.45) is 11.8 Å². The molecule has 2 aliphatic heterocycles. The Hall–Kier alpha value is -1.10. The summed E-state index contributed by atoms with van der Waals surface area (Å²) in [5, 5.41) is 0. The van der Waals surface area contributed by atoms with E-state index in [1.54, 1.807) is 0 Å². The Morgan fingerprint density at radius 2 is 0.879 bits per heavy atom. The third-order valence-electron chi connectivity index (χ3n) is 8.76. The van der Waals surface area contributed by atoms with Gasteiger partial charge in [0, 0.05) is 26.2 Å². The second-order valence-corrected chi connectivity index (χ2v) is 11.4. The van der Waals surface area contributed by atoms with Gasteiger partial charge >= 0.3 is 0 Å². The van der Waals surface area contributed by atoms with Crippen LogP contribution in [0.1, 0.15) is 116 Å². The maximum atomic E-state index is 13.7. The van der Waals surface area contributed by atoms with Crippen LogP contribution in [0.4, 0.5) is 0 Å². The van der Waals surface area contributed by atoms with Crippen LogP contribution >= 0.6 is 0 Å². The average molecular weight is 461 g/mol. The summed E-state index contributed by atoms with van der Waals surface area (Å²) in [6, 6.07) is 0. The van der Waals surface area contributed by atoms with Gasteiger partial charge in [-0.05, 0) is 63.2 Å². The second-order valence-electron chi connectivity index (χ2n) is 11.4. The van der Waals surface area contributed by atoms with Crippen molar-refractivity contribution >= 4 is 11.8 Å². The third kappa shape index (κ3) is 7.44. The van der Waals surface area contributed by atoms with Gasteiger partial charge in [0.15, 0.2) is 0 Å². The van der Waals surface area contributed by atoms with E-state index < -0.39 is 12.2 Å². The lowest BCUT2D eigenvalue weighted by molar-refractivity contribution is -0.162. The Morgan fingerprint density at radius 1 is 0.545 bits per heavy atom. The van der Waals surface area contributed by atoms with E-state index in [0.717, 1.165) is 64.7 Å². The number of rotatable bonds is 8. The van der Waals surface area contributed by atoms with E-state index in [-0.39, 0.29) is 11.8 Å². The van der Waals surface area contributed by atoms with Crippen molar-refractivity contribution in [1.82, 2.24) is 9.80 Å². The van der Waals surface area contributed by atoms with Crippen LogP contribution in [-0.4, -0.2) is 60.0 Å². The van der Waals surface area contributed by atoms with Gasteiger partial charge in [-0.3, -0.25) is 9.59 Å². The van der Waals surface area contributed by atoms with Gasteiger partial charge in [0.1, 0.15) is 12.2 Å². The van der Waals surface area contributed by atoms with Gasteiger partial charge in [-0.2, -0.15) is 0 Å². The number of carbonyl (C=O) groups excluding carboxylic acids is 2. The molecule has 33 heavy (non-hydrogen) atoms. The molecule has 2 heterocycles. The Morgan fingerprint density at radius 3 is 1.24 bits per heavy atom. The number of likely N-dealkylation sites (tertiary alicyclic amines) is 2. The number of amides is 2. The minimum atomic E-state index is -0.437. The number of nitrogens with zero attached hydrogens (tertiary/aromatic N) is 2. The molecule has 4 aliphatic rings. The second kappa shape index (κ2) is 13.1. The van der Waals surface area contributed by atoms with Crippen molar-refractivity contribution in [2.75, 3.05) is 26.2 Å². The monoisotopic (exact) mass is 460 g/mol. The predicted molar refractivity (Wildman–Crippen MR) is 132 cm³/mol. The van der Waals surface area contributed by atoms with E-state index in [2.05, 4.69) is 0 Å². The molecule has 0 unspecified atom stereocenters. The van der Waals surface area contributed by atoms with Crippen molar-refractivity contribution in [3.63, 3.8) is 0 Å². The molecule has 0 N–H and O–H groups in total. The molecule has 188 valence electrons. The molecule has 5 heteroatoms. The molecule has 5 nitrogen and oxygen atoms in total. The molecule has 0 radical (unpaired) electrons. The first-order valence-electron chi connectivity index (χ1n) is 14.4. The molecule has 2 atom stereocenters. The molecule has 2 amide bonds. The van der Waals surface area contributed by atoms with Gasteiger partial charge < -0.3 is 14.5 Å². The van der Waals surface area contributed by atoms with Crippen molar-refractivity contribution in [3.05, 3.63) is 0 Å². The molecule has 0 aromatic rings. The molecule has 0 spiro atoms. The van der Waals surface area contributed by atoms with Crippen molar-refractivity contribution < 1.29 is 14.3 Å². The highest BCUT2D eigenvalue weighted by Gasteiger charge is 2.36. The molecule has 4 rings (SSSR count). The van der Waals surface area contributed by atoms with Crippen LogP contribution in [0, 0.1) is 11.8 Å². The summed E-state index contributed by atoms with van der Waals surface area (Å²) in [6.45, 7) is 3.43. The van der Waals surface area contributed by atoms with Crippen molar-refractivity contribution in [2.45, 2.75) is 128 Å². The van der Waals surface area contributed by atoms with Gasteiger partial charge in [-0.25, -0.2) is 0 Å². The van der Waals surface area contributed by atoms with Crippen LogP contribution in [0.15, 0.2) is 0 Å². The molecular weight excluding hydrogens is 412 g/mol. The molecular formula is C28H48N2O3.